The van der Waals surface area contributed by atoms with Gasteiger partial charge in [0.2, 0.25) is 0 Å². The fourth-order valence-electron chi connectivity index (χ4n) is 4.15. The zero-order chi connectivity index (χ0) is 15.5. The van der Waals surface area contributed by atoms with E-state index in [0.717, 1.165) is 25.0 Å². The summed E-state index contributed by atoms with van der Waals surface area (Å²) in [5.41, 5.74) is 6.92. The van der Waals surface area contributed by atoms with Gasteiger partial charge < -0.3 is 15.4 Å². The van der Waals surface area contributed by atoms with Crippen molar-refractivity contribution in [2.75, 3.05) is 26.8 Å². The Labute approximate surface area is 131 Å². The van der Waals surface area contributed by atoms with E-state index >= 15 is 0 Å². The molecule has 0 aromatic carbocycles. The van der Waals surface area contributed by atoms with Crippen LogP contribution in [0.2, 0.25) is 0 Å². The summed E-state index contributed by atoms with van der Waals surface area (Å²) in [4.78, 5) is 2.57. The third-order valence-electron chi connectivity index (χ3n) is 6.34. The first kappa shape index (κ1) is 17.2. The summed E-state index contributed by atoms with van der Waals surface area (Å²) in [5.74, 6) is 1.62. The highest BCUT2D eigenvalue weighted by atomic mass is 16.5. The largest absolute Gasteiger partial charge is 0.381 e. The molecule has 0 spiro atoms. The molecule has 21 heavy (non-hydrogen) atoms. The quantitative estimate of drug-likeness (QED) is 0.846. The predicted molar refractivity (Wildman–Crippen MR) is 89.3 cm³/mol. The Morgan fingerprint density at radius 2 is 1.81 bits per heavy atom. The molecule has 124 valence electrons. The number of likely N-dealkylation sites (N-methyl/N-ethyl adjacent to an activating group) is 1. The van der Waals surface area contributed by atoms with Crippen molar-refractivity contribution in [3.8, 4) is 0 Å². The highest BCUT2D eigenvalue weighted by Gasteiger charge is 2.37. The molecule has 1 aliphatic carbocycles. The SMILES string of the molecule is CCC(C)(C)C1CCC(N)C(N(C)CC2CCOCC2)C1. The Balaban J connectivity index is 1.92. The highest BCUT2D eigenvalue weighted by molar-refractivity contribution is 4.93. The van der Waals surface area contributed by atoms with E-state index in [4.69, 9.17) is 10.5 Å². The van der Waals surface area contributed by atoms with E-state index in [0.29, 0.717) is 17.5 Å². The van der Waals surface area contributed by atoms with E-state index in [1.807, 2.05) is 0 Å². The molecule has 2 rings (SSSR count). The number of rotatable bonds is 5. The van der Waals surface area contributed by atoms with E-state index < -0.39 is 0 Å². The van der Waals surface area contributed by atoms with Crippen molar-refractivity contribution in [1.29, 1.82) is 0 Å². The second-order valence-electron chi connectivity index (χ2n) is 8.08. The van der Waals surface area contributed by atoms with Crippen LogP contribution in [0.15, 0.2) is 0 Å². The van der Waals surface area contributed by atoms with Gasteiger partial charge in [-0.3, -0.25) is 0 Å². The van der Waals surface area contributed by atoms with Gasteiger partial charge in [-0.05, 0) is 56.4 Å². The molecule has 1 heterocycles. The molecule has 3 heteroatoms. The van der Waals surface area contributed by atoms with Crippen LogP contribution in [0.5, 0.6) is 0 Å². The summed E-state index contributed by atoms with van der Waals surface area (Å²) in [7, 11) is 2.29. The van der Waals surface area contributed by atoms with Crippen LogP contribution >= 0.6 is 0 Å². The first-order valence-electron chi connectivity index (χ1n) is 8.97. The van der Waals surface area contributed by atoms with Crippen LogP contribution in [0.25, 0.3) is 0 Å². The second-order valence-corrected chi connectivity index (χ2v) is 8.08. The zero-order valence-electron chi connectivity index (χ0n) is 14.6. The molecule has 3 atom stereocenters. The van der Waals surface area contributed by atoms with Gasteiger partial charge in [-0.2, -0.15) is 0 Å². The third-order valence-corrected chi connectivity index (χ3v) is 6.34. The summed E-state index contributed by atoms with van der Waals surface area (Å²) < 4.78 is 5.48. The lowest BCUT2D eigenvalue weighted by Crippen LogP contribution is -2.52. The van der Waals surface area contributed by atoms with Gasteiger partial charge in [0.25, 0.3) is 0 Å². The molecule has 3 nitrogen and oxygen atoms in total. The predicted octanol–water partition coefficient (Wildman–Crippen LogP) is 3.28. The van der Waals surface area contributed by atoms with E-state index in [1.54, 1.807) is 0 Å². The van der Waals surface area contributed by atoms with Gasteiger partial charge in [0.05, 0.1) is 0 Å². The molecule has 0 amide bonds. The van der Waals surface area contributed by atoms with Crippen LogP contribution in [0.4, 0.5) is 0 Å². The minimum Gasteiger partial charge on any atom is -0.381 e. The van der Waals surface area contributed by atoms with Crippen molar-refractivity contribution in [2.24, 2.45) is 23.0 Å². The number of hydrogen-bond acceptors (Lipinski definition) is 3. The molecule has 0 radical (unpaired) electrons. The Hall–Kier alpha value is -0.120. The summed E-state index contributed by atoms with van der Waals surface area (Å²) in [6.45, 7) is 10.3. The summed E-state index contributed by atoms with van der Waals surface area (Å²) in [5, 5.41) is 0. The molecule has 3 unspecified atom stereocenters. The maximum Gasteiger partial charge on any atom is 0.0469 e. The number of nitrogens with two attached hydrogens (primary N) is 1. The maximum absolute atomic E-state index is 6.47. The van der Waals surface area contributed by atoms with Gasteiger partial charge in [0, 0.05) is 31.8 Å². The van der Waals surface area contributed by atoms with E-state index in [-0.39, 0.29) is 0 Å². The number of nitrogens with zero attached hydrogens (tertiary/aromatic N) is 1. The minimum absolute atomic E-state index is 0.360. The Morgan fingerprint density at radius 3 is 2.43 bits per heavy atom. The van der Waals surface area contributed by atoms with Crippen LogP contribution in [0.1, 0.15) is 59.3 Å². The zero-order valence-corrected chi connectivity index (χ0v) is 14.6. The first-order chi connectivity index (χ1) is 9.94. The molecule has 2 fully saturated rings. The number of hydrogen-bond donors (Lipinski definition) is 1. The summed E-state index contributed by atoms with van der Waals surface area (Å²) in [6.07, 6.45) is 7.48. The Kier molecular flexibility index (Phi) is 6.10. The lowest BCUT2D eigenvalue weighted by atomic mass is 9.67. The van der Waals surface area contributed by atoms with Crippen molar-refractivity contribution >= 4 is 0 Å². The van der Waals surface area contributed by atoms with Crippen LogP contribution in [0.3, 0.4) is 0 Å². The van der Waals surface area contributed by atoms with Crippen LogP contribution in [-0.4, -0.2) is 43.8 Å². The first-order valence-corrected chi connectivity index (χ1v) is 8.97. The molecule has 0 aromatic rings. The van der Waals surface area contributed by atoms with E-state index in [1.165, 1.54) is 45.1 Å². The van der Waals surface area contributed by atoms with Crippen molar-refractivity contribution in [3.63, 3.8) is 0 Å². The maximum atomic E-state index is 6.47. The summed E-state index contributed by atoms with van der Waals surface area (Å²) >= 11 is 0. The average Bonchev–Trinajstić information content (AvgIpc) is 2.48. The monoisotopic (exact) mass is 296 g/mol. The fraction of sp³-hybridized carbons (Fsp3) is 1.00. The normalized spacial score (nSPS) is 32.6. The molecular weight excluding hydrogens is 260 g/mol. The van der Waals surface area contributed by atoms with Gasteiger partial charge in [0.15, 0.2) is 0 Å². The minimum atomic E-state index is 0.360. The van der Waals surface area contributed by atoms with Gasteiger partial charge >= 0.3 is 0 Å². The molecule has 1 saturated heterocycles. The lowest BCUT2D eigenvalue weighted by Gasteiger charge is -2.46. The topological polar surface area (TPSA) is 38.5 Å². The van der Waals surface area contributed by atoms with Gasteiger partial charge in [-0.1, -0.05) is 27.2 Å². The Morgan fingerprint density at radius 1 is 1.14 bits per heavy atom. The molecule has 2 aliphatic rings. The highest BCUT2D eigenvalue weighted by Crippen LogP contribution is 2.41. The fourth-order valence-corrected chi connectivity index (χ4v) is 4.15. The van der Waals surface area contributed by atoms with Crippen molar-refractivity contribution in [2.45, 2.75) is 71.4 Å². The smallest absolute Gasteiger partial charge is 0.0469 e. The standard InChI is InChI=1S/C18H36N2O/c1-5-18(2,3)15-6-7-16(19)17(12-15)20(4)13-14-8-10-21-11-9-14/h14-17H,5-13,19H2,1-4H3. The van der Waals surface area contributed by atoms with Gasteiger partial charge in [-0.25, -0.2) is 0 Å². The molecular formula is C18H36N2O. The van der Waals surface area contributed by atoms with Crippen molar-refractivity contribution in [1.82, 2.24) is 4.90 Å². The summed E-state index contributed by atoms with van der Waals surface area (Å²) in [6, 6.07) is 0.927. The van der Waals surface area contributed by atoms with Crippen LogP contribution in [-0.2, 0) is 4.74 Å². The number of ether oxygens (including phenoxy) is 1. The van der Waals surface area contributed by atoms with E-state index in [2.05, 4.69) is 32.7 Å². The molecule has 1 aliphatic heterocycles. The molecule has 2 N–H and O–H groups in total. The lowest BCUT2D eigenvalue weighted by molar-refractivity contribution is 0.0311. The van der Waals surface area contributed by atoms with Gasteiger partial charge in [0.1, 0.15) is 0 Å². The third kappa shape index (κ3) is 4.43. The Bertz CT molecular complexity index is 312. The molecule has 0 bridgehead atoms. The second kappa shape index (κ2) is 7.43. The van der Waals surface area contributed by atoms with Gasteiger partial charge in [-0.15, -0.1) is 0 Å². The van der Waals surface area contributed by atoms with Crippen LogP contribution in [0, 0.1) is 17.3 Å². The van der Waals surface area contributed by atoms with E-state index in [9.17, 15) is 0 Å². The molecule has 0 aromatic heterocycles. The average molecular weight is 296 g/mol. The molecule has 1 saturated carbocycles. The van der Waals surface area contributed by atoms with Crippen molar-refractivity contribution < 1.29 is 4.74 Å². The van der Waals surface area contributed by atoms with Crippen molar-refractivity contribution in [3.05, 3.63) is 0 Å². The van der Waals surface area contributed by atoms with Crippen LogP contribution < -0.4 is 5.73 Å².